The van der Waals surface area contributed by atoms with Crippen LogP contribution in [0.5, 0.6) is 5.75 Å². The van der Waals surface area contributed by atoms with E-state index in [1.165, 1.54) is 6.92 Å². The molecule has 1 aromatic carbocycles. The molecule has 0 aliphatic rings. The molecule has 2 aromatic rings. The van der Waals surface area contributed by atoms with Crippen molar-refractivity contribution in [1.29, 1.82) is 0 Å². The van der Waals surface area contributed by atoms with Crippen molar-refractivity contribution in [3.8, 4) is 5.75 Å². The Bertz CT molecular complexity index is 626. The maximum atomic E-state index is 12.4. The molecule has 0 saturated carbocycles. The molecule has 1 aromatic heterocycles. The molecule has 1 atom stereocenters. The minimum atomic E-state index is -1.47. The van der Waals surface area contributed by atoms with Gasteiger partial charge in [0.15, 0.2) is 0 Å². The van der Waals surface area contributed by atoms with E-state index >= 15 is 0 Å². The number of rotatable bonds is 3. The lowest BCUT2D eigenvalue weighted by Crippen LogP contribution is -2.06. The number of hydrogen-bond donors (Lipinski definition) is 0. The first-order valence-electron chi connectivity index (χ1n) is 5.70. The van der Waals surface area contributed by atoms with Gasteiger partial charge in [0, 0.05) is 13.1 Å². The summed E-state index contributed by atoms with van der Waals surface area (Å²) < 4.78 is 17.5. The predicted molar refractivity (Wildman–Crippen MR) is 71.4 cm³/mol. The quantitative estimate of drug-likeness (QED) is 0.638. The number of hydrogen-bond acceptors (Lipinski definition) is 4. The van der Waals surface area contributed by atoms with Crippen LogP contribution in [0.15, 0.2) is 52.5 Å². The lowest BCUT2D eigenvalue weighted by atomic mass is 10.2. The van der Waals surface area contributed by atoms with Gasteiger partial charge in [-0.2, -0.15) is 0 Å². The van der Waals surface area contributed by atoms with Crippen molar-refractivity contribution in [2.75, 3.05) is 0 Å². The Morgan fingerprint density at radius 3 is 2.68 bits per heavy atom. The maximum absolute atomic E-state index is 12.4. The summed E-state index contributed by atoms with van der Waals surface area (Å²) >= 11 is 0. The van der Waals surface area contributed by atoms with Crippen LogP contribution in [-0.4, -0.2) is 15.2 Å². The van der Waals surface area contributed by atoms with Gasteiger partial charge in [-0.15, -0.1) is 0 Å². The average Bonchev–Trinajstić information content (AvgIpc) is 2.38. The van der Waals surface area contributed by atoms with Gasteiger partial charge in [-0.1, -0.05) is 12.1 Å². The topological polar surface area (TPSA) is 56.3 Å². The van der Waals surface area contributed by atoms with Gasteiger partial charge in [0.1, 0.15) is 21.6 Å². The van der Waals surface area contributed by atoms with E-state index in [4.69, 9.17) is 4.74 Å². The molecule has 0 aliphatic carbocycles. The fourth-order valence-electron chi connectivity index (χ4n) is 1.57. The number of benzene rings is 1. The first-order chi connectivity index (χ1) is 9.08. The molecule has 2 rings (SSSR count). The van der Waals surface area contributed by atoms with Gasteiger partial charge in [-0.05, 0) is 36.8 Å². The third-order valence-corrected chi connectivity index (χ3v) is 3.74. The first-order valence-corrected chi connectivity index (χ1v) is 6.85. The number of carbonyl (C=O) groups is 1. The van der Waals surface area contributed by atoms with Crippen LogP contribution in [0.1, 0.15) is 12.5 Å². The summed E-state index contributed by atoms with van der Waals surface area (Å²) in [5, 5.41) is 0.430. The molecule has 0 bridgehead atoms. The maximum Gasteiger partial charge on any atom is 0.308 e. The summed E-state index contributed by atoms with van der Waals surface area (Å²) in [7, 11) is -1.47. The van der Waals surface area contributed by atoms with Crippen molar-refractivity contribution in [1.82, 2.24) is 4.98 Å². The second-order valence-electron chi connectivity index (χ2n) is 3.98. The number of aryl methyl sites for hydroxylation is 1. The van der Waals surface area contributed by atoms with Gasteiger partial charge in [-0.3, -0.25) is 4.79 Å². The van der Waals surface area contributed by atoms with Crippen LogP contribution < -0.4 is 4.74 Å². The predicted octanol–water partition coefficient (Wildman–Crippen LogP) is 2.48. The third kappa shape index (κ3) is 3.26. The highest BCUT2D eigenvalue weighted by molar-refractivity contribution is 7.85. The molecule has 98 valence electrons. The lowest BCUT2D eigenvalue weighted by molar-refractivity contribution is -0.132. The summed E-state index contributed by atoms with van der Waals surface area (Å²) in [6.45, 7) is 3.19. The van der Waals surface area contributed by atoms with Crippen LogP contribution in [0.3, 0.4) is 0 Å². The highest BCUT2D eigenvalue weighted by Gasteiger charge is 2.15. The van der Waals surface area contributed by atoms with Gasteiger partial charge >= 0.3 is 5.97 Å². The van der Waals surface area contributed by atoms with Crippen molar-refractivity contribution >= 4 is 16.8 Å². The molecular weight excluding hydrogens is 262 g/mol. The van der Waals surface area contributed by atoms with Gasteiger partial charge < -0.3 is 4.74 Å². The SMILES string of the molecule is CC(=O)Oc1cc(C)ccc1S(=O)c1ccccn1. The van der Waals surface area contributed by atoms with E-state index in [2.05, 4.69) is 4.98 Å². The van der Waals surface area contributed by atoms with Crippen LogP contribution in [0.25, 0.3) is 0 Å². The van der Waals surface area contributed by atoms with E-state index in [-0.39, 0.29) is 0 Å². The molecule has 19 heavy (non-hydrogen) atoms. The van der Waals surface area contributed by atoms with Crippen LogP contribution in [-0.2, 0) is 15.6 Å². The van der Waals surface area contributed by atoms with Crippen molar-refractivity contribution < 1.29 is 13.7 Å². The van der Waals surface area contributed by atoms with E-state index in [1.807, 2.05) is 13.0 Å². The third-order valence-electron chi connectivity index (χ3n) is 2.38. The van der Waals surface area contributed by atoms with Crippen LogP contribution in [0.4, 0.5) is 0 Å². The smallest absolute Gasteiger partial charge is 0.308 e. The number of nitrogens with zero attached hydrogens (tertiary/aromatic N) is 1. The van der Waals surface area contributed by atoms with Crippen molar-refractivity contribution in [3.05, 3.63) is 48.2 Å². The molecule has 0 aliphatic heterocycles. The molecule has 0 saturated heterocycles. The number of aromatic nitrogens is 1. The van der Waals surface area contributed by atoms with Crippen LogP contribution in [0, 0.1) is 6.92 Å². The minimum Gasteiger partial charge on any atom is -0.425 e. The van der Waals surface area contributed by atoms with Crippen LogP contribution in [0.2, 0.25) is 0 Å². The second kappa shape index (κ2) is 5.75. The van der Waals surface area contributed by atoms with E-state index in [0.29, 0.717) is 15.7 Å². The largest absolute Gasteiger partial charge is 0.425 e. The molecule has 0 fully saturated rings. The molecule has 1 unspecified atom stereocenters. The zero-order chi connectivity index (χ0) is 13.8. The summed E-state index contributed by atoms with van der Waals surface area (Å²) in [6, 6.07) is 10.4. The summed E-state index contributed by atoms with van der Waals surface area (Å²) in [6.07, 6.45) is 1.58. The fraction of sp³-hybridized carbons (Fsp3) is 0.143. The number of carbonyl (C=O) groups excluding carboxylic acids is 1. The number of esters is 1. The van der Waals surface area contributed by atoms with Gasteiger partial charge in [0.05, 0.1) is 4.90 Å². The molecule has 0 amide bonds. The Labute approximate surface area is 113 Å². The van der Waals surface area contributed by atoms with E-state index in [0.717, 1.165) is 5.56 Å². The molecule has 0 N–H and O–H groups in total. The van der Waals surface area contributed by atoms with Crippen molar-refractivity contribution in [2.45, 2.75) is 23.8 Å². The highest BCUT2D eigenvalue weighted by atomic mass is 32.2. The lowest BCUT2D eigenvalue weighted by Gasteiger charge is -2.09. The fourth-order valence-corrected chi connectivity index (χ4v) is 2.63. The van der Waals surface area contributed by atoms with E-state index < -0.39 is 16.8 Å². The summed E-state index contributed by atoms with van der Waals surface area (Å²) in [5.74, 6) is -0.124. The van der Waals surface area contributed by atoms with Crippen LogP contribution >= 0.6 is 0 Å². The second-order valence-corrected chi connectivity index (χ2v) is 5.38. The molecule has 5 heteroatoms. The molecule has 1 heterocycles. The zero-order valence-corrected chi connectivity index (χ0v) is 11.4. The van der Waals surface area contributed by atoms with E-state index in [9.17, 15) is 9.00 Å². The Kier molecular flexibility index (Phi) is 4.06. The van der Waals surface area contributed by atoms with Crippen molar-refractivity contribution in [2.24, 2.45) is 0 Å². The Balaban J connectivity index is 2.44. The van der Waals surface area contributed by atoms with Gasteiger partial charge in [-0.25, -0.2) is 9.19 Å². The molecular formula is C14H13NO3S. The monoisotopic (exact) mass is 275 g/mol. The van der Waals surface area contributed by atoms with Gasteiger partial charge in [0.25, 0.3) is 0 Å². The Morgan fingerprint density at radius 1 is 1.26 bits per heavy atom. The van der Waals surface area contributed by atoms with E-state index in [1.54, 1.807) is 36.5 Å². The average molecular weight is 275 g/mol. The van der Waals surface area contributed by atoms with Gasteiger partial charge in [0.2, 0.25) is 0 Å². The highest BCUT2D eigenvalue weighted by Crippen LogP contribution is 2.26. The Hall–Kier alpha value is -2.01. The number of pyridine rings is 1. The molecule has 0 spiro atoms. The zero-order valence-electron chi connectivity index (χ0n) is 10.6. The summed E-state index contributed by atoms with van der Waals surface area (Å²) in [4.78, 5) is 15.6. The molecule has 4 nitrogen and oxygen atoms in total. The normalized spacial score (nSPS) is 11.9. The summed E-state index contributed by atoms with van der Waals surface area (Å²) in [5.41, 5.74) is 0.929. The minimum absolute atomic E-state index is 0.316. The standard InChI is InChI=1S/C14H13NO3S/c1-10-6-7-13(12(9-10)18-11(2)16)19(17)14-5-3-4-8-15-14/h3-9H,1-2H3. The molecule has 0 radical (unpaired) electrons. The number of ether oxygens (including phenoxy) is 1. The first kappa shape index (κ1) is 13.4. The Morgan fingerprint density at radius 2 is 2.05 bits per heavy atom. The van der Waals surface area contributed by atoms with Crippen molar-refractivity contribution in [3.63, 3.8) is 0 Å².